The highest BCUT2D eigenvalue weighted by Crippen LogP contribution is 2.30. The van der Waals surface area contributed by atoms with Gasteiger partial charge in [-0.3, -0.25) is 9.20 Å². The van der Waals surface area contributed by atoms with Crippen LogP contribution in [0.4, 0.5) is 5.13 Å². The number of para-hydroxylation sites is 1. The van der Waals surface area contributed by atoms with E-state index in [1.807, 2.05) is 40.4 Å². The third kappa shape index (κ3) is 3.42. The first-order valence-electron chi connectivity index (χ1n) is 9.05. The van der Waals surface area contributed by atoms with E-state index in [1.165, 1.54) is 4.70 Å². The molecule has 1 unspecified atom stereocenters. The average Bonchev–Trinajstić information content (AvgIpc) is 3.35. The topological polar surface area (TPSA) is 62.5 Å². The first-order valence-corrected chi connectivity index (χ1v) is 10.8. The Bertz CT molecular complexity index is 1040. The van der Waals surface area contributed by atoms with Gasteiger partial charge in [-0.25, -0.2) is 9.97 Å². The molecule has 0 saturated carbocycles. The van der Waals surface area contributed by atoms with Crippen LogP contribution in [0.25, 0.3) is 15.2 Å². The highest BCUT2D eigenvalue weighted by atomic mass is 32.1. The van der Waals surface area contributed by atoms with Crippen molar-refractivity contribution < 1.29 is 4.79 Å². The lowest BCUT2D eigenvalue weighted by molar-refractivity contribution is -0.121. The molecular formula is C19H19N5OS2. The number of nitrogens with zero attached hydrogens (tertiary/aromatic N) is 4. The number of carbonyl (C=O) groups is 1. The lowest BCUT2D eigenvalue weighted by Gasteiger charge is -2.32. The third-order valence-corrected chi connectivity index (χ3v) is 6.69. The van der Waals surface area contributed by atoms with Gasteiger partial charge in [-0.2, -0.15) is 0 Å². The Morgan fingerprint density at radius 3 is 3.11 bits per heavy atom. The van der Waals surface area contributed by atoms with E-state index >= 15 is 0 Å². The van der Waals surface area contributed by atoms with Crippen LogP contribution in [0.3, 0.4) is 0 Å². The molecule has 1 aromatic carbocycles. The molecule has 4 heterocycles. The van der Waals surface area contributed by atoms with Crippen LogP contribution >= 0.6 is 22.7 Å². The Balaban J connectivity index is 1.23. The quantitative estimate of drug-likeness (QED) is 0.574. The fraction of sp³-hybridized carbons (Fsp3) is 0.316. The van der Waals surface area contributed by atoms with E-state index in [-0.39, 0.29) is 11.9 Å². The number of rotatable bonds is 4. The van der Waals surface area contributed by atoms with Crippen LogP contribution in [0, 0.1) is 0 Å². The number of amides is 1. The van der Waals surface area contributed by atoms with E-state index < -0.39 is 0 Å². The summed E-state index contributed by atoms with van der Waals surface area (Å²) in [6.07, 6.45) is 6.28. The highest BCUT2D eigenvalue weighted by Gasteiger charge is 2.24. The van der Waals surface area contributed by atoms with Gasteiger partial charge in [0.05, 0.1) is 22.3 Å². The number of nitrogens with one attached hydrogen (secondary N) is 1. The molecule has 1 N–H and O–H groups in total. The Morgan fingerprint density at radius 1 is 1.30 bits per heavy atom. The van der Waals surface area contributed by atoms with Crippen LogP contribution in [-0.2, 0) is 11.2 Å². The minimum atomic E-state index is 0.0388. The molecule has 138 valence electrons. The number of hydrogen-bond acceptors (Lipinski definition) is 6. The summed E-state index contributed by atoms with van der Waals surface area (Å²) in [7, 11) is 0. The molecule has 1 fully saturated rings. The Kier molecular flexibility index (Phi) is 4.29. The molecule has 0 radical (unpaired) electrons. The number of hydrogen-bond donors (Lipinski definition) is 1. The molecule has 6 nitrogen and oxygen atoms in total. The molecule has 8 heteroatoms. The maximum atomic E-state index is 12.5. The maximum Gasteiger partial charge on any atom is 0.226 e. The number of carbonyl (C=O) groups excluding carboxylic acids is 1. The Hall–Kier alpha value is -2.45. The number of aromatic nitrogens is 3. The van der Waals surface area contributed by atoms with Gasteiger partial charge in [0.1, 0.15) is 0 Å². The minimum Gasteiger partial charge on any atom is -0.351 e. The summed E-state index contributed by atoms with van der Waals surface area (Å²) >= 11 is 3.30. The van der Waals surface area contributed by atoms with Crippen molar-refractivity contribution in [1.82, 2.24) is 19.7 Å². The predicted molar refractivity (Wildman–Crippen MR) is 110 cm³/mol. The standard InChI is InChI=1S/C19H19N5OS2/c25-17(10-14-12-24-8-9-26-18(24)21-14)20-13-4-3-7-23(11-13)19-22-15-5-1-2-6-16(15)27-19/h1-2,5-6,8-9,12-13H,3-4,7,10-11H2,(H,20,25). The molecule has 1 amide bonds. The van der Waals surface area contributed by atoms with E-state index in [9.17, 15) is 4.79 Å². The van der Waals surface area contributed by atoms with Crippen LogP contribution in [0.2, 0.25) is 0 Å². The van der Waals surface area contributed by atoms with Crippen LogP contribution in [0.5, 0.6) is 0 Å². The summed E-state index contributed by atoms with van der Waals surface area (Å²) in [4.78, 5) is 25.0. The molecule has 0 spiro atoms. The van der Waals surface area contributed by atoms with Gasteiger partial charge in [0.15, 0.2) is 10.1 Å². The minimum absolute atomic E-state index is 0.0388. The summed E-state index contributed by atoms with van der Waals surface area (Å²) in [5, 5.41) is 6.22. The van der Waals surface area contributed by atoms with Crippen molar-refractivity contribution in [2.75, 3.05) is 18.0 Å². The second-order valence-corrected chi connectivity index (χ2v) is 8.70. The molecule has 1 aliphatic heterocycles. The zero-order valence-corrected chi connectivity index (χ0v) is 16.3. The normalized spacial score (nSPS) is 17.6. The first-order chi connectivity index (χ1) is 13.2. The van der Waals surface area contributed by atoms with Crippen molar-refractivity contribution in [1.29, 1.82) is 0 Å². The number of thiazole rings is 2. The molecule has 1 aliphatic rings. The summed E-state index contributed by atoms with van der Waals surface area (Å²) in [5.74, 6) is 0.0388. The second-order valence-electron chi connectivity index (χ2n) is 6.82. The van der Waals surface area contributed by atoms with E-state index in [0.29, 0.717) is 6.42 Å². The van der Waals surface area contributed by atoms with Crippen LogP contribution in [0.15, 0.2) is 42.0 Å². The van der Waals surface area contributed by atoms with Crippen LogP contribution in [-0.4, -0.2) is 39.4 Å². The summed E-state index contributed by atoms with van der Waals surface area (Å²) in [6.45, 7) is 1.80. The van der Waals surface area contributed by atoms with Crippen LogP contribution < -0.4 is 10.2 Å². The van der Waals surface area contributed by atoms with Gasteiger partial charge in [0.2, 0.25) is 5.91 Å². The molecule has 3 aromatic heterocycles. The number of fused-ring (bicyclic) bond motifs is 2. The van der Waals surface area contributed by atoms with E-state index in [2.05, 4.69) is 21.3 Å². The Morgan fingerprint density at radius 2 is 2.22 bits per heavy atom. The average molecular weight is 398 g/mol. The molecule has 1 saturated heterocycles. The lowest BCUT2D eigenvalue weighted by Crippen LogP contribution is -2.48. The third-order valence-electron chi connectivity index (χ3n) is 4.82. The molecule has 1 atom stereocenters. The van der Waals surface area contributed by atoms with Gasteiger partial charge in [-0.15, -0.1) is 11.3 Å². The first kappa shape index (κ1) is 16.7. The fourth-order valence-corrected chi connectivity index (χ4v) is 5.29. The molecule has 4 aromatic rings. The Labute approximate surface area is 164 Å². The van der Waals surface area contributed by atoms with Gasteiger partial charge in [0.25, 0.3) is 0 Å². The van der Waals surface area contributed by atoms with Crippen molar-refractivity contribution in [3.63, 3.8) is 0 Å². The van der Waals surface area contributed by atoms with Gasteiger partial charge in [-0.05, 0) is 25.0 Å². The largest absolute Gasteiger partial charge is 0.351 e. The maximum absolute atomic E-state index is 12.5. The predicted octanol–water partition coefficient (Wildman–Crippen LogP) is 3.33. The summed E-state index contributed by atoms with van der Waals surface area (Å²) in [6, 6.07) is 8.38. The van der Waals surface area contributed by atoms with Gasteiger partial charge in [0, 0.05) is 36.9 Å². The van der Waals surface area contributed by atoms with Gasteiger partial charge >= 0.3 is 0 Å². The monoisotopic (exact) mass is 397 g/mol. The van der Waals surface area contributed by atoms with E-state index in [4.69, 9.17) is 4.98 Å². The van der Waals surface area contributed by atoms with Crippen molar-refractivity contribution in [3.8, 4) is 0 Å². The lowest BCUT2D eigenvalue weighted by atomic mass is 10.1. The molecular weight excluding hydrogens is 378 g/mol. The highest BCUT2D eigenvalue weighted by molar-refractivity contribution is 7.22. The van der Waals surface area contributed by atoms with Crippen molar-refractivity contribution >= 4 is 48.9 Å². The zero-order valence-electron chi connectivity index (χ0n) is 14.7. The number of imidazole rings is 1. The van der Waals surface area contributed by atoms with Crippen molar-refractivity contribution in [3.05, 3.63) is 47.7 Å². The van der Waals surface area contributed by atoms with Crippen molar-refractivity contribution in [2.45, 2.75) is 25.3 Å². The number of anilines is 1. The summed E-state index contributed by atoms with van der Waals surface area (Å²) < 4.78 is 3.17. The smallest absolute Gasteiger partial charge is 0.226 e. The fourth-order valence-electron chi connectivity index (χ4n) is 3.57. The summed E-state index contributed by atoms with van der Waals surface area (Å²) in [5.41, 5.74) is 1.86. The van der Waals surface area contributed by atoms with Gasteiger partial charge in [-0.1, -0.05) is 23.5 Å². The second kappa shape index (κ2) is 6.94. The van der Waals surface area contributed by atoms with E-state index in [0.717, 1.165) is 47.2 Å². The molecule has 5 rings (SSSR count). The van der Waals surface area contributed by atoms with Crippen LogP contribution in [0.1, 0.15) is 18.5 Å². The number of piperidine rings is 1. The molecule has 27 heavy (non-hydrogen) atoms. The van der Waals surface area contributed by atoms with Gasteiger partial charge < -0.3 is 10.2 Å². The SMILES string of the molecule is O=C(Cc1cn2ccsc2n1)NC1CCCN(c2nc3ccccc3s2)C1. The molecule has 0 aliphatic carbocycles. The van der Waals surface area contributed by atoms with E-state index in [1.54, 1.807) is 22.7 Å². The number of benzene rings is 1. The molecule has 0 bridgehead atoms. The zero-order chi connectivity index (χ0) is 18.2. The van der Waals surface area contributed by atoms with Crippen molar-refractivity contribution in [2.24, 2.45) is 0 Å².